The summed E-state index contributed by atoms with van der Waals surface area (Å²) >= 11 is 0. The summed E-state index contributed by atoms with van der Waals surface area (Å²) in [5.74, 6) is 0.418. The molecule has 0 spiro atoms. The molecule has 4 N–H and O–H groups in total. The highest BCUT2D eigenvalue weighted by atomic mass is 16.6. The molecule has 0 aromatic carbocycles. The molecule has 1 heterocycles. The highest BCUT2D eigenvalue weighted by molar-refractivity contribution is 6.01. The van der Waals surface area contributed by atoms with Crippen LogP contribution < -0.4 is 21.3 Å². The lowest BCUT2D eigenvalue weighted by Gasteiger charge is -2.31. The Morgan fingerprint density at radius 1 is 1.18 bits per heavy atom. The van der Waals surface area contributed by atoms with Gasteiger partial charge in [0.25, 0.3) is 0 Å². The molecule has 0 atom stereocenters. The van der Waals surface area contributed by atoms with Gasteiger partial charge in [-0.15, -0.1) is 0 Å². The molecule has 0 bridgehead atoms. The minimum atomic E-state index is -0.499. The number of imide groups is 1. The summed E-state index contributed by atoms with van der Waals surface area (Å²) in [6.45, 7) is 6.31. The molecule has 1 aliphatic carbocycles. The van der Waals surface area contributed by atoms with Crippen molar-refractivity contribution in [2.45, 2.75) is 64.1 Å². The number of aliphatic imine (C=N–C) groups is 1. The van der Waals surface area contributed by atoms with Gasteiger partial charge in [0.1, 0.15) is 5.60 Å². The van der Waals surface area contributed by atoms with E-state index in [2.05, 4.69) is 26.3 Å². The zero-order valence-electron chi connectivity index (χ0n) is 17.1. The van der Waals surface area contributed by atoms with Crippen LogP contribution in [-0.2, 0) is 9.53 Å². The van der Waals surface area contributed by atoms with Crippen LogP contribution in [0.25, 0.3) is 0 Å². The van der Waals surface area contributed by atoms with Crippen molar-refractivity contribution >= 4 is 24.0 Å². The van der Waals surface area contributed by atoms with Gasteiger partial charge in [0.05, 0.1) is 6.54 Å². The summed E-state index contributed by atoms with van der Waals surface area (Å²) in [7, 11) is 1.68. The number of nitrogens with zero attached hydrogens (tertiary/aromatic N) is 2. The van der Waals surface area contributed by atoms with Gasteiger partial charge in [-0.2, -0.15) is 0 Å². The molecule has 1 saturated heterocycles. The zero-order chi connectivity index (χ0) is 20.7. The lowest BCUT2D eigenvalue weighted by atomic mass is 9.91. The van der Waals surface area contributed by atoms with Crippen LogP contribution in [0.3, 0.4) is 0 Å². The maximum atomic E-state index is 11.9. The third-order valence-corrected chi connectivity index (χ3v) is 4.58. The van der Waals surface area contributed by atoms with Crippen molar-refractivity contribution in [3.8, 4) is 0 Å². The Morgan fingerprint density at radius 3 is 2.29 bits per heavy atom. The summed E-state index contributed by atoms with van der Waals surface area (Å²) in [6.07, 6.45) is 3.14. The fourth-order valence-electron chi connectivity index (χ4n) is 3.21. The molecule has 10 heteroatoms. The molecule has 0 aromatic rings. The molecular weight excluding hydrogens is 364 g/mol. The Morgan fingerprint density at radius 2 is 1.79 bits per heavy atom. The lowest BCUT2D eigenvalue weighted by molar-refractivity contribution is -0.124. The fraction of sp³-hybridized carbons (Fsp3) is 0.778. The van der Waals surface area contributed by atoms with Crippen LogP contribution in [-0.4, -0.2) is 73.3 Å². The number of urea groups is 1. The van der Waals surface area contributed by atoms with E-state index in [9.17, 15) is 14.4 Å². The first-order chi connectivity index (χ1) is 13.2. The minimum Gasteiger partial charge on any atom is -0.444 e. The normalized spacial score (nSPS) is 23.3. The van der Waals surface area contributed by atoms with Crippen LogP contribution in [0.4, 0.5) is 9.59 Å². The number of hydrogen-bond donors (Lipinski definition) is 4. The van der Waals surface area contributed by atoms with Gasteiger partial charge in [-0.25, -0.2) is 9.59 Å². The predicted octanol–water partition coefficient (Wildman–Crippen LogP) is 0.539. The van der Waals surface area contributed by atoms with Crippen molar-refractivity contribution in [1.82, 2.24) is 26.2 Å². The number of carbonyl (C=O) groups excluding carboxylic acids is 3. The van der Waals surface area contributed by atoms with Gasteiger partial charge in [-0.3, -0.25) is 14.7 Å². The maximum Gasteiger partial charge on any atom is 0.407 e. The standard InChI is InChI=1S/C18H32N6O4/c1-18(2,3)28-17(27)23-13-7-5-12(6-8-13)22-15(19-4)20-9-10-24-14(25)11-21-16(24)26/h12-13H,5-11H2,1-4H3,(H,21,26)(H,23,27)(H2,19,20,22). The second-order valence-corrected chi connectivity index (χ2v) is 8.04. The number of rotatable bonds is 5. The third-order valence-electron chi connectivity index (χ3n) is 4.58. The van der Waals surface area contributed by atoms with E-state index in [4.69, 9.17) is 4.74 Å². The number of alkyl carbamates (subject to hydrolysis) is 1. The Balaban J connectivity index is 1.67. The summed E-state index contributed by atoms with van der Waals surface area (Å²) in [4.78, 5) is 40.3. The Kier molecular flexibility index (Phi) is 7.47. The quantitative estimate of drug-likeness (QED) is 0.305. The first kappa shape index (κ1) is 21.8. The largest absolute Gasteiger partial charge is 0.444 e. The van der Waals surface area contributed by atoms with E-state index in [0.29, 0.717) is 12.5 Å². The van der Waals surface area contributed by atoms with Crippen LogP contribution in [0.5, 0.6) is 0 Å². The monoisotopic (exact) mass is 396 g/mol. The maximum absolute atomic E-state index is 11.9. The molecule has 1 saturated carbocycles. The van der Waals surface area contributed by atoms with Crippen LogP contribution >= 0.6 is 0 Å². The molecule has 2 aliphatic rings. The van der Waals surface area contributed by atoms with Crippen LogP contribution in [0.1, 0.15) is 46.5 Å². The van der Waals surface area contributed by atoms with Crippen molar-refractivity contribution < 1.29 is 19.1 Å². The van der Waals surface area contributed by atoms with Gasteiger partial charge in [0.2, 0.25) is 5.91 Å². The third kappa shape index (κ3) is 6.90. The Labute approximate surface area is 165 Å². The van der Waals surface area contributed by atoms with Gasteiger partial charge in [0, 0.05) is 32.2 Å². The molecule has 10 nitrogen and oxygen atoms in total. The first-order valence-electron chi connectivity index (χ1n) is 9.73. The zero-order valence-corrected chi connectivity index (χ0v) is 17.1. The van der Waals surface area contributed by atoms with Crippen LogP contribution in [0.2, 0.25) is 0 Å². The van der Waals surface area contributed by atoms with Crippen molar-refractivity contribution in [1.29, 1.82) is 0 Å². The van der Waals surface area contributed by atoms with E-state index < -0.39 is 5.60 Å². The second-order valence-electron chi connectivity index (χ2n) is 8.04. The average molecular weight is 396 g/mol. The number of hydrogen-bond acceptors (Lipinski definition) is 5. The molecule has 1 aliphatic heterocycles. The molecule has 2 rings (SSSR count). The number of nitrogens with one attached hydrogen (secondary N) is 4. The molecule has 0 aromatic heterocycles. The molecule has 4 amide bonds. The van der Waals surface area contributed by atoms with E-state index in [1.165, 1.54) is 4.90 Å². The summed E-state index contributed by atoms with van der Waals surface area (Å²) in [5.41, 5.74) is -0.499. The Hall–Kier alpha value is -2.52. The van der Waals surface area contributed by atoms with E-state index >= 15 is 0 Å². The number of ether oxygens (including phenoxy) is 1. The lowest BCUT2D eigenvalue weighted by Crippen LogP contribution is -2.49. The van der Waals surface area contributed by atoms with Crippen molar-refractivity contribution in [2.75, 3.05) is 26.7 Å². The topological polar surface area (TPSA) is 124 Å². The SMILES string of the molecule is CN=C(NCCN1C(=O)CNC1=O)NC1CCC(NC(=O)OC(C)(C)C)CC1. The molecule has 0 radical (unpaired) electrons. The minimum absolute atomic E-state index is 0.0619. The van der Waals surface area contributed by atoms with Gasteiger partial charge in [0.15, 0.2) is 5.96 Å². The number of carbonyl (C=O) groups is 3. The van der Waals surface area contributed by atoms with E-state index in [-0.39, 0.29) is 43.2 Å². The molecular formula is C18H32N6O4. The van der Waals surface area contributed by atoms with E-state index in [1.54, 1.807) is 7.05 Å². The van der Waals surface area contributed by atoms with Gasteiger partial charge >= 0.3 is 12.1 Å². The van der Waals surface area contributed by atoms with Gasteiger partial charge in [-0.1, -0.05) is 0 Å². The molecule has 158 valence electrons. The van der Waals surface area contributed by atoms with E-state index in [0.717, 1.165) is 25.7 Å². The summed E-state index contributed by atoms with van der Waals surface area (Å²) in [6, 6.07) is 0.00715. The second kappa shape index (κ2) is 9.61. The summed E-state index contributed by atoms with van der Waals surface area (Å²) < 4.78 is 5.30. The van der Waals surface area contributed by atoms with Crippen LogP contribution in [0, 0.1) is 0 Å². The fourth-order valence-corrected chi connectivity index (χ4v) is 3.21. The predicted molar refractivity (Wildman–Crippen MR) is 105 cm³/mol. The molecule has 0 unspecified atom stereocenters. The highest BCUT2D eigenvalue weighted by Gasteiger charge is 2.28. The highest BCUT2D eigenvalue weighted by Crippen LogP contribution is 2.19. The van der Waals surface area contributed by atoms with Crippen molar-refractivity contribution in [2.24, 2.45) is 4.99 Å². The van der Waals surface area contributed by atoms with E-state index in [1.807, 2.05) is 20.8 Å². The van der Waals surface area contributed by atoms with Crippen LogP contribution in [0.15, 0.2) is 4.99 Å². The smallest absolute Gasteiger partial charge is 0.407 e. The molecule has 28 heavy (non-hydrogen) atoms. The first-order valence-corrected chi connectivity index (χ1v) is 9.73. The summed E-state index contributed by atoms with van der Waals surface area (Å²) in [5, 5.41) is 11.9. The number of guanidine groups is 1. The van der Waals surface area contributed by atoms with Crippen molar-refractivity contribution in [3.05, 3.63) is 0 Å². The average Bonchev–Trinajstić information content (AvgIpc) is 2.92. The number of amides is 4. The molecule has 2 fully saturated rings. The van der Waals surface area contributed by atoms with Gasteiger partial charge in [-0.05, 0) is 46.5 Å². The van der Waals surface area contributed by atoms with Crippen molar-refractivity contribution in [3.63, 3.8) is 0 Å². The Bertz CT molecular complexity index is 592. The van der Waals surface area contributed by atoms with Gasteiger partial charge < -0.3 is 26.0 Å².